The molecule has 144 valence electrons. The van der Waals surface area contributed by atoms with Gasteiger partial charge in [-0.15, -0.1) is 0 Å². The Bertz CT molecular complexity index is 905. The standard InChI is InChI=1S/C20H23FN2O3S/c1-15-4-2-3-5-19(15)27(25,26)23-12-10-17(11-13-23)20(24)22-14-16-6-8-18(21)9-7-16/h2-9,17H,10-14H2,1H3,(H,22,24). The van der Waals surface area contributed by atoms with Crippen LogP contribution in [0.25, 0.3) is 0 Å². The molecule has 3 rings (SSSR count). The second-order valence-electron chi connectivity index (χ2n) is 6.79. The lowest BCUT2D eigenvalue weighted by Crippen LogP contribution is -2.43. The summed E-state index contributed by atoms with van der Waals surface area (Å²) in [7, 11) is -3.54. The molecule has 0 radical (unpaired) electrons. The van der Waals surface area contributed by atoms with E-state index in [0.29, 0.717) is 37.4 Å². The second kappa shape index (κ2) is 8.19. The molecule has 2 aromatic carbocycles. The van der Waals surface area contributed by atoms with Crippen LogP contribution in [0.3, 0.4) is 0 Å². The number of piperidine rings is 1. The van der Waals surface area contributed by atoms with Crippen LogP contribution in [0.15, 0.2) is 53.4 Å². The average Bonchev–Trinajstić information content (AvgIpc) is 2.67. The molecule has 1 aliphatic heterocycles. The minimum Gasteiger partial charge on any atom is -0.352 e. The van der Waals surface area contributed by atoms with Gasteiger partial charge in [0.15, 0.2) is 0 Å². The van der Waals surface area contributed by atoms with Crippen LogP contribution in [0.2, 0.25) is 0 Å². The maximum absolute atomic E-state index is 12.9. The van der Waals surface area contributed by atoms with Gasteiger partial charge in [-0.1, -0.05) is 30.3 Å². The molecular weight excluding hydrogens is 367 g/mol. The minimum atomic E-state index is -3.54. The number of carbonyl (C=O) groups excluding carboxylic acids is 1. The molecule has 7 heteroatoms. The molecule has 1 heterocycles. The van der Waals surface area contributed by atoms with E-state index in [9.17, 15) is 17.6 Å². The molecule has 0 atom stereocenters. The molecule has 0 unspecified atom stereocenters. The molecule has 0 saturated carbocycles. The van der Waals surface area contributed by atoms with Crippen molar-refractivity contribution in [1.29, 1.82) is 0 Å². The summed E-state index contributed by atoms with van der Waals surface area (Å²) >= 11 is 0. The van der Waals surface area contributed by atoms with Crippen molar-refractivity contribution in [3.63, 3.8) is 0 Å². The van der Waals surface area contributed by atoms with E-state index in [4.69, 9.17) is 0 Å². The Hall–Kier alpha value is -2.25. The first-order valence-corrected chi connectivity index (χ1v) is 10.4. The van der Waals surface area contributed by atoms with Crippen molar-refractivity contribution >= 4 is 15.9 Å². The quantitative estimate of drug-likeness (QED) is 0.854. The average molecular weight is 390 g/mol. The Labute approximate surface area is 159 Å². The Kier molecular flexibility index (Phi) is 5.92. The van der Waals surface area contributed by atoms with Crippen molar-refractivity contribution in [2.75, 3.05) is 13.1 Å². The van der Waals surface area contributed by atoms with Crippen molar-refractivity contribution in [1.82, 2.24) is 9.62 Å². The first-order chi connectivity index (χ1) is 12.9. The van der Waals surface area contributed by atoms with E-state index in [-0.39, 0.29) is 17.6 Å². The molecule has 0 aromatic heterocycles. The summed E-state index contributed by atoms with van der Waals surface area (Å²) in [6, 6.07) is 12.9. The molecule has 2 aromatic rings. The van der Waals surface area contributed by atoms with E-state index in [1.54, 1.807) is 37.3 Å². The molecule has 1 aliphatic rings. The third kappa shape index (κ3) is 4.54. The van der Waals surface area contributed by atoms with Crippen LogP contribution in [0.5, 0.6) is 0 Å². The first kappa shape index (κ1) is 19.5. The van der Waals surface area contributed by atoms with Gasteiger partial charge < -0.3 is 5.32 Å². The number of amides is 1. The van der Waals surface area contributed by atoms with Gasteiger partial charge in [-0.25, -0.2) is 12.8 Å². The number of nitrogens with one attached hydrogen (secondary N) is 1. The highest BCUT2D eigenvalue weighted by molar-refractivity contribution is 7.89. The van der Waals surface area contributed by atoms with Gasteiger partial charge in [0.2, 0.25) is 15.9 Å². The number of benzene rings is 2. The molecule has 1 fully saturated rings. The van der Waals surface area contributed by atoms with E-state index >= 15 is 0 Å². The molecular formula is C20H23FN2O3S. The van der Waals surface area contributed by atoms with E-state index in [2.05, 4.69) is 5.32 Å². The molecule has 1 N–H and O–H groups in total. The van der Waals surface area contributed by atoms with Gasteiger partial charge in [-0.2, -0.15) is 4.31 Å². The van der Waals surface area contributed by atoms with Gasteiger partial charge in [0.25, 0.3) is 0 Å². The van der Waals surface area contributed by atoms with Crippen LogP contribution >= 0.6 is 0 Å². The number of rotatable bonds is 5. The summed E-state index contributed by atoms with van der Waals surface area (Å²) in [5.74, 6) is -0.617. The number of carbonyl (C=O) groups is 1. The lowest BCUT2D eigenvalue weighted by atomic mass is 9.97. The fourth-order valence-corrected chi connectivity index (χ4v) is 4.97. The van der Waals surface area contributed by atoms with Crippen molar-refractivity contribution in [2.24, 2.45) is 5.92 Å². The zero-order chi connectivity index (χ0) is 19.4. The molecule has 27 heavy (non-hydrogen) atoms. The van der Waals surface area contributed by atoms with Crippen molar-refractivity contribution < 1.29 is 17.6 Å². The molecule has 0 spiro atoms. The lowest BCUT2D eigenvalue weighted by Gasteiger charge is -2.31. The topological polar surface area (TPSA) is 66.5 Å². The minimum absolute atomic E-state index is 0.0905. The van der Waals surface area contributed by atoms with Crippen LogP contribution in [0, 0.1) is 18.7 Å². The molecule has 1 saturated heterocycles. The highest BCUT2D eigenvalue weighted by Gasteiger charge is 2.32. The van der Waals surface area contributed by atoms with E-state index in [1.807, 2.05) is 6.07 Å². The van der Waals surface area contributed by atoms with Gasteiger partial charge in [0.1, 0.15) is 5.82 Å². The van der Waals surface area contributed by atoms with Gasteiger partial charge in [0, 0.05) is 25.6 Å². The molecule has 0 aliphatic carbocycles. The third-order valence-electron chi connectivity index (χ3n) is 4.92. The molecule has 5 nitrogen and oxygen atoms in total. The first-order valence-electron chi connectivity index (χ1n) is 8.96. The van der Waals surface area contributed by atoms with Crippen molar-refractivity contribution in [3.05, 3.63) is 65.5 Å². The van der Waals surface area contributed by atoms with Gasteiger partial charge >= 0.3 is 0 Å². The predicted molar refractivity (Wildman–Crippen MR) is 101 cm³/mol. The van der Waals surface area contributed by atoms with Crippen LogP contribution in [-0.2, 0) is 21.4 Å². The van der Waals surface area contributed by atoms with Crippen molar-refractivity contribution in [3.8, 4) is 0 Å². The largest absolute Gasteiger partial charge is 0.352 e. The Balaban J connectivity index is 1.56. The maximum Gasteiger partial charge on any atom is 0.243 e. The van der Waals surface area contributed by atoms with Crippen LogP contribution < -0.4 is 5.32 Å². The summed E-state index contributed by atoms with van der Waals surface area (Å²) in [5.41, 5.74) is 1.54. The van der Waals surface area contributed by atoms with Gasteiger partial charge in [0.05, 0.1) is 4.90 Å². The van der Waals surface area contributed by atoms with Crippen LogP contribution in [0.4, 0.5) is 4.39 Å². The third-order valence-corrected chi connectivity index (χ3v) is 6.97. The highest BCUT2D eigenvalue weighted by Crippen LogP contribution is 2.25. The van der Waals surface area contributed by atoms with Crippen LogP contribution in [0.1, 0.15) is 24.0 Å². The van der Waals surface area contributed by atoms with Gasteiger partial charge in [-0.3, -0.25) is 4.79 Å². The predicted octanol–water partition coefficient (Wildman–Crippen LogP) is 2.85. The SMILES string of the molecule is Cc1ccccc1S(=O)(=O)N1CCC(C(=O)NCc2ccc(F)cc2)CC1. The highest BCUT2D eigenvalue weighted by atomic mass is 32.2. The number of halogens is 1. The number of aryl methyl sites for hydroxylation is 1. The summed E-state index contributed by atoms with van der Waals surface area (Å²) in [5, 5.41) is 2.85. The fraction of sp³-hybridized carbons (Fsp3) is 0.350. The second-order valence-corrected chi connectivity index (χ2v) is 8.69. The Morgan fingerprint density at radius 3 is 2.37 bits per heavy atom. The Morgan fingerprint density at radius 1 is 1.11 bits per heavy atom. The summed E-state index contributed by atoms with van der Waals surface area (Å²) in [6.45, 7) is 2.76. The normalized spacial score (nSPS) is 16.2. The number of hydrogen-bond acceptors (Lipinski definition) is 3. The zero-order valence-corrected chi connectivity index (χ0v) is 16.0. The number of hydrogen-bond donors (Lipinski definition) is 1. The zero-order valence-electron chi connectivity index (χ0n) is 15.2. The molecule has 0 bridgehead atoms. The maximum atomic E-state index is 12.9. The van der Waals surface area contributed by atoms with E-state index in [1.165, 1.54) is 16.4 Å². The van der Waals surface area contributed by atoms with Crippen LogP contribution in [-0.4, -0.2) is 31.7 Å². The van der Waals surface area contributed by atoms with Gasteiger partial charge in [-0.05, 0) is 49.1 Å². The summed E-state index contributed by atoms with van der Waals surface area (Å²) in [4.78, 5) is 12.7. The van der Waals surface area contributed by atoms with E-state index < -0.39 is 10.0 Å². The Morgan fingerprint density at radius 2 is 1.74 bits per heavy atom. The summed E-state index contributed by atoms with van der Waals surface area (Å²) in [6.07, 6.45) is 0.973. The number of nitrogens with zero attached hydrogens (tertiary/aromatic N) is 1. The number of sulfonamides is 1. The monoisotopic (exact) mass is 390 g/mol. The lowest BCUT2D eigenvalue weighted by molar-refractivity contribution is -0.126. The smallest absolute Gasteiger partial charge is 0.243 e. The van der Waals surface area contributed by atoms with Crippen molar-refractivity contribution in [2.45, 2.75) is 31.2 Å². The molecule has 1 amide bonds. The fourth-order valence-electron chi connectivity index (χ4n) is 3.28. The van der Waals surface area contributed by atoms with E-state index in [0.717, 1.165) is 11.1 Å². The summed E-state index contributed by atoms with van der Waals surface area (Å²) < 4.78 is 40.0.